The monoisotopic (exact) mass is 321 g/mol. The molecule has 0 bridgehead atoms. The molecule has 23 heavy (non-hydrogen) atoms. The summed E-state index contributed by atoms with van der Waals surface area (Å²) in [6.07, 6.45) is 0.529. The molecule has 2 aliphatic rings. The number of ether oxygens (including phenoxy) is 4. The van der Waals surface area contributed by atoms with Crippen molar-refractivity contribution in [2.75, 3.05) is 27.4 Å². The first-order chi connectivity index (χ1) is 11.0. The summed E-state index contributed by atoms with van der Waals surface area (Å²) >= 11 is 0. The van der Waals surface area contributed by atoms with E-state index in [1.165, 1.54) is 0 Å². The Hall–Kier alpha value is -0.560. The summed E-state index contributed by atoms with van der Waals surface area (Å²) in [4.78, 5) is 12.2. The summed E-state index contributed by atoms with van der Waals surface area (Å²) in [7, 11) is 14.9. The second kappa shape index (κ2) is 8.51. The van der Waals surface area contributed by atoms with Crippen LogP contribution >= 0.6 is 0 Å². The quantitative estimate of drug-likeness (QED) is 0.646. The lowest BCUT2D eigenvalue weighted by Gasteiger charge is -2.21. The van der Waals surface area contributed by atoms with E-state index in [1.54, 1.807) is 14.2 Å². The SMILES string of the molecule is [B][C@@H]1O[C@H](CNC(=O)CC2C[C@H]([B])O[C@@H]2COC)C(OC)[C@@H]1C. The topological polar surface area (TPSA) is 66.0 Å². The first-order valence-electron chi connectivity index (χ1n) is 8.06. The van der Waals surface area contributed by atoms with Gasteiger partial charge in [-0.3, -0.25) is 4.79 Å². The van der Waals surface area contributed by atoms with E-state index in [4.69, 9.17) is 34.6 Å². The largest absolute Gasteiger partial charge is 0.382 e. The van der Waals surface area contributed by atoms with E-state index in [0.717, 1.165) is 0 Å². The molecule has 2 saturated heterocycles. The van der Waals surface area contributed by atoms with Crippen molar-refractivity contribution >= 4 is 21.6 Å². The van der Waals surface area contributed by atoms with Gasteiger partial charge in [-0.15, -0.1) is 0 Å². The summed E-state index contributed by atoms with van der Waals surface area (Å²) in [6.45, 7) is 2.80. The number of nitrogens with one attached hydrogen (secondary N) is 1. The Morgan fingerprint density at radius 1 is 1.26 bits per heavy atom. The van der Waals surface area contributed by atoms with Crippen LogP contribution in [0.4, 0.5) is 0 Å². The van der Waals surface area contributed by atoms with Crippen molar-refractivity contribution in [1.82, 2.24) is 5.32 Å². The molecule has 126 valence electrons. The Balaban J connectivity index is 1.79. The van der Waals surface area contributed by atoms with Gasteiger partial charge in [0.05, 0.1) is 18.8 Å². The van der Waals surface area contributed by atoms with Gasteiger partial charge in [-0.25, -0.2) is 0 Å². The van der Waals surface area contributed by atoms with Gasteiger partial charge >= 0.3 is 0 Å². The van der Waals surface area contributed by atoms with E-state index < -0.39 is 0 Å². The highest BCUT2D eigenvalue weighted by Gasteiger charge is 2.39. The van der Waals surface area contributed by atoms with Crippen LogP contribution < -0.4 is 5.32 Å². The average Bonchev–Trinajstić information content (AvgIpc) is 2.97. The predicted molar refractivity (Wildman–Crippen MR) is 86.4 cm³/mol. The second-order valence-corrected chi connectivity index (χ2v) is 6.37. The molecule has 0 aromatic heterocycles. The van der Waals surface area contributed by atoms with Gasteiger partial charge in [0.15, 0.2) is 0 Å². The zero-order chi connectivity index (χ0) is 17.0. The number of amides is 1. The van der Waals surface area contributed by atoms with E-state index >= 15 is 0 Å². The molecule has 2 rings (SSSR count). The Kier molecular flexibility index (Phi) is 6.95. The second-order valence-electron chi connectivity index (χ2n) is 6.37. The van der Waals surface area contributed by atoms with Gasteiger partial charge in [0, 0.05) is 45.1 Å². The van der Waals surface area contributed by atoms with Crippen LogP contribution in [-0.4, -0.2) is 79.3 Å². The maximum atomic E-state index is 12.2. The highest BCUT2D eigenvalue weighted by Crippen LogP contribution is 2.29. The van der Waals surface area contributed by atoms with Crippen molar-refractivity contribution in [1.29, 1.82) is 0 Å². The molecule has 0 aromatic rings. The van der Waals surface area contributed by atoms with Gasteiger partial charge in [0.2, 0.25) is 5.91 Å². The molecular formula is C15H25B2NO5. The van der Waals surface area contributed by atoms with Crippen LogP contribution in [0.5, 0.6) is 0 Å². The van der Waals surface area contributed by atoms with E-state index in [9.17, 15) is 4.79 Å². The van der Waals surface area contributed by atoms with Gasteiger partial charge in [0.1, 0.15) is 21.8 Å². The zero-order valence-electron chi connectivity index (χ0n) is 14.1. The van der Waals surface area contributed by atoms with Crippen LogP contribution in [0.1, 0.15) is 19.8 Å². The lowest BCUT2D eigenvalue weighted by atomic mass is 9.86. The molecule has 7 atom stereocenters. The molecule has 2 unspecified atom stereocenters. The molecule has 8 heteroatoms. The summed E-state index contributed by atoms with van der Waals surface area (Å²) in [6, 6.07) is -0.697. The Morgan fingerprint density at radius 3 is 2.65 bits per heavy atom. The van der Waals surface area contributed by atoms with Crippen molar-refractivity contribution in [3.8, 4) is 0 Å². The average molecular weight is 321 g/mol. The Labute approximate surface area is 140 Å². The van der Waals surface area contributed by atoms with Crippen LogP contribution in [0, 0.1) is 11.8 Å². The third kappa shape index (κ3) is 4.72. The van der Waals surface area contributed by atoms with Gasteiger partial charge in [-0.2, -0.15) is 0 Å². The molecule has 0 saturated carbocycles. The van der Waals surface area contributed by atoms with Crippen molar-refractivity contribution in [3.63, 3.8) is 0 Å². The van der Waals surface area contributed by atoms with E-state index in [2.05, 4.69) is 5.32 Å². The fourth-order valence-electron chi connectivity index (χ4n) is 3.38. The van der Waals surface area contributed by atoms with Crippen molar-refractivity contribution in [2.45, 2.75) is 50.1 Å². The van der Waals surface area contributed by atoms with Crippen molar-refractivity contribution < 1.29 is 23.7 Å². The third-order valence-electron chi connectivity index (χ3n) is 4.70. The van der Waals surface area contributed by atoms with Crippen molar-refractivity contribution in [3.05, 3.63) is 0 Å². The summed E-state index contributed by atoms with van der Waals surface area (Å²) in [5.74, 6) is 0.100. The minimum atomic E-state index is -0.367. The summed E-state index contributed by atoms with van der Waals surface area (Å²) in [5.41, 5.74) is 0. The molecule has 4 radical (unpaired) electrons. The van der Waals surface area contributed by atoms with Gasteiger partial charge in [-0.1, -0.05) is 6.92 Å². The van der Waals surface area contributed by atoms with Crippen molar-refractivity contribution in [2.24, 2.45) is 11.8 Å². The predicted octanol–water partition coefficient (Wildman–Crippen LogP) is -0.417. The lowest BCUT2D eigenvalue weighted by molar-refractivity contribution is -0.123. The first-order valence-corrected chi connectivity index (χ1v) is 8.06. The van der Waals surface area contributed by atoms with E-state index in [-0.39, 0.29) is 48.1 Å². The number of hydrogen-bond donors (Lipinski definition) is 1. The molecule has 0 aromatic carbocycles. The molecule has 1 N–H and O–H groups in total. The highest BCUT2D eigenvalue weighted by atomic mass is 16.6. The Bertz CT molecular complexity index is 400. The number of carbonyl (C=O) groups is 1. The molecule has 0 spiro atoms. The first kappa shape index (κ1) is 18.8. The van der Waals surface area contributed by atoms with Gasteiger partial charge in [0.25, 0.3) is 0 Å². The number of carbonyl (C=O) groups excluding carboxylic acids is 1. The fraction of sp³-hybridized carbons (Fsp3) is 0.933. The summed E-state index contributed by atoms with van der Waals surface area (Å²) < 4.78 is 21.8. The molecule has 2 aliphatic heterocycles. The van der Waals surface area contributed by atoms with Crippen LogP contribution in [0.3, 0.4) is 0 Å². The zero-order valence-corrected chi connectivity index (χ0v) is 14.1. The number of methoxy groups -OCH3 is 2. The maximum Gasteiger partial charge on any atom is 0.220 e. The minimum Gasteiger partial charge on any atom is -0.382 e. The summed E-state index contributed by atoms with van der Waals surface area (Å²) in [5, 5.41) is 2.90. The van der Waals surface area contributed by atoms with Gasteiger partial charge in [-0.05, 0) is 12.3 Å². The maximum absolute atomic E-state index is 12.2. The Morgan fingerprint density at radius 2 is 2.00 bits per heavy atom. The standard InChI is InChI=1S/C15H25B2NO5/c1-8-14(21-3)10(23-15(8)17)6-18-13(19)5-9-4-12(16)22-11(9)7-20-2/h8-12,14-15H,4-7H2,1-3H3,(H,18,19)/t8-,9?,10+,11+,12+,14?,15+/m0/s1. The normalized spacial score (nSPS) is 40.4. The van der Waals surface area contributed by atoms with Crippen LogP contribution in [-0.2, 0) is 23.7 Å². The van der Waals surface area contributed by atoms with Crippen LogP contribution in [0.25, 0.3) is 0 Å². The van der Waals surface area contributed by atoms with E-state index in [1.807, 2.05) is 6.92 Å². The molecule has 2 heterocycles. The molecule has 1 amide bonds. The number of hydrogen-bond acceptors (Lipinski definition) is 5. The van der Waals surface area contributed by atoms with E-state index in [0.29, 0.717) is 26.0 Å². The van der Waals surface area contributed by atoms with Crippen LogP contribution in [0.15, 0.2) is 0 Å². The molecule has 6 nitrogen and oxygen atoms in total. The smallest absolute Gasteiger partial charge is 0.220 e. The molecule has 0 aliphatic carbocycles. The lowest BCUT2D eigenvalue weighted by Crippen LogP contribution is -2.40. The minimum absolute atomic E-state index is 0.0552. The van der Waals surface area contributed by atoms with Gasteiger partial charge < -0.3 is 24.3 Å². The highest BCUT2D eigenvalue weighted by molar-refractivity contribution is 6.11. The fourth-order valence-corrected chi connectivity index (χ4v) is 3.38. The van der Waals surface area contributed by atoms with Crippen LogP contribution in [0.2, 0.25) is 0 Å². The third-order valence-corrected chi connectivity index (χ3v) is 4.70. The molecular weight excluding hydrogens is 296 g/mol. The molecule has 2 fully saturated rings. The number of rotatable bonds is 7.